The molecular weight excluding hydrogens is 412 g/mol. The van der Waals surface area contributed by atoms with Gasteiger partial charge in [0.1, 0.15) is 9.71 Å². The number of esters is 1. The van der Waals surface area contributed by atoms with Crippen molar-refractivity contribution in [3.05, 3.63) is 103 Å². The van der Waals surface area contributed by atoms with Crippen LogP contribution in [0.4, 0.5) is 0 Å². The summed E-state index contributed by atoms with van der Waals surface area (Å²) in [5.74, 6) is -0.491. The van der Waals surface area contributed by atoms with Gasteiger partial charge in [-0.3, -0.25) is 13.9 Å². The summed E-state index contributed by atoms with van der Waals surface area (Å²) in [6.45, 7) is 2.44. The van der Waals surface area contributed by atoms with Crippen LogP contribution in [0.2, 0.25) is 0 Å². The fraction of sp³-hybridized carbons (Fsp3) is 0.208. The molecule has 0 saturated carbocycles. The molecule has 158 valence electrons. The largest absolute Gasteiger partial charge is 0.461 e. The van der Waals surface area contributed by atoms with Crippen molar-refractivity contribution in [2.75, 3.05) is 6.61 Å². The van der Waals surface area contributed by atoms with Crippen LogP contribution in [0.1, 0.15) is 26.4 Å². The van der Waals surface area contributed by atoms with Crippen molar-refractivity contribution >= 4 is 27.5 Å². The number of fused-ring (bicyclic) bond motifs is 1. The molecule has 0 spiro atoms. The molecule has 0 fully saturated rings. The van der Waals surface area contributed by atoms with Gasteiger partial charge in [0.05, 0.1) is 18.5 Å². The maximum Gasteiger partial charge on any atom is 0.348 e. The van der Waals surface area contributed by atoms with Crippen LogP contribution in [-0.2, 0) is 24.8 Å². The minimum atomic E-state index is -0.491. The van der Waals surface area contributed by atoms with Gasteiger partial charge in [-0.05, 0) is 24.1 Å². The van der Waals surface area contributed by atoms with Crippen LogP contribution in [0.5, 0.6) is 0 Å². The Morgan fingerprint density at radius 1 is 1.00 bits per heavy atom. The molecule has 2 aromatic carbocycles. The normalized spacial score (nSPS) is 11.0. The number of ether oxygens (including phenoxy) is 1. The van der Waals surface area contributed by atoms with Crippen molar-refractivity contribution in [2.45, 2.75) is 19.9 Å². The Morgan fingerprint density at radius 2 is 1.71 bits per heavy atom. The molecule has 4 rings (SSSR count). The zero-order chi connectivity index (χ0) is 22.0. The molecule has 0 saturated heterocycles. The molecular formula is C24H22N2O4S. The number of hydrogen-bond donors (Lipinski definition) is 0. The quantitative estimate of drug-likeness (QED) is 0.436. The topological polar surface area (TPSA) is 70.3 Å². The van der Waals surface area contributed by atoms with Crippen LogP contribution >= 0.6 is 11.3 Å². The smallest absolute Gasteiger partial charge is 0.348 e. The van der Waals surface area contributed by atoms with Crippen molar-refractivity contribution in [3.8, 4) is 0 Å². The molecule has 0 aliphatic heterocycles. The summed E-state index contributed by atoms with van der Waals surface area (Å²) < 4.78 is 8.00. The predicted molar refractivity (Wildman–Crippen MR) is 122 cm³/mol. The Hall–Kier alpha value is -3.45. The summed E-state index contributed by atoms with van der Waals surface area (Å²) in [5.41, 5.74) is 2.29. The minimum absolute atomic E-state index is 0.175. The lowest BCUT2D eigenvalue weighted by Crippen LogP contribution is -2.38. The van der Waals surface area contributed by atoms with Gasteiger partial charge in [-0.1, -0.05) is 60.2 Å². The van der Waals surface area contributed by atoms with Crippen LogP contribution in [0.25, 0.3) is 10.2 Å². The number of thiophene rings is 1. The molecule has 2 heterocycles. The average molecular weight is 435 g/mol. The van der Waals surface area contributed by atoms with Gasteiger partial charge >= 0.3 is 11.7 Å². The van der Waals surface area contributed by atoms with E-state index in [1.54, 1.807) is 7.05 Å². The zero-order valence-corrected chi connectivity index (χ0v) is 18.1. The molecule has 0 aliphatic rings. The lowest BCUT2D eigenvalue weighted by molar-refractivity contribution is 0.0515. The monoisotopic (exact) mass is 434 g/mol. The first-order chi connectivity index (χ1) is 14.9. The van der Waals surface area contributed by atoms with E-state index in [1.807, 2.05) is 61.5 Å². The summed E-state index contributed by atoms with van der Waals surface area (Å²) in [7, 11) is 1.61. The van der Waals surface area contributed by atoms with E-state index in [9.17, 15) is 14.4 Å². The van der Waals surface area contributed by atoms with Crippen LogP contribution in [0, 0.1) is 6.92 Å². The Kier molecular flexibility index (Phi) is 5.86. The fourth-order valence-corrected chi connectivity index (χ4v) is 4.38. The van der Waals surface area contributed by atoms with Crippen LogP contribution in [0.3, 0.4) is 0 Å². The standard InChI is InChI=1S/C24H22N2O4S/c1-16-8-10-17(11-9-16)12-13-30-23(28)20-14-19-21(27)26(15-18-6-4-3-5-7-18)24(29)25(2)22(19)31-20/h3-11,14H,12-13,15H2,1-2H3. The Morgan fingerprint density at radius 3 is 2.42 bits per heavy atom. The van der Waals surface area contributed by atoms with E-state index in [2.05, 4.69) is 0 Å². The number of benzene rings is 2. The Balaban J connectivity index is 1.57. The third-order valence-corrected chi connectivity index (χ3v) is 6.33. The lowest BCUT2D eigenvalue weighted by Gasteiger charge is -2.08. The molecule has 31 heavy (non-hydrogen) atoms. The highest BCUT2D eigenvalue weighted by molar-refractivity contribution is 7.20. The summed E-state index contributed by atoms with van der Waals surface area (Å²) in [6.07, 6.45) is 0.610. The maximum atomic E-state index is 13.0. The van der Waals surface area contributed by atoms with E-state index in [0.29, 0.717) is 21.5 Å². The zero-order valence-electron chi connectivity index (χ0n) is 17.3. The SMILES string of the molecule is Cc1ccc(CCOC(=O)c2cc3c(=O)n(Cc4ccccc4)c(=O)n(C)c3s2)cc1. The second-order valence-electron chi connectivity index (χ2n) is 7.42. The van der Waals surface area contributed by atoms with Crippen LogP contribution in [0.15, 0.2) is 70.3 Å². The molecule has 6 nitrogen and oxygen atoms in total. The van der Waals surface area contributed by atoms with Gasteiger partial charge in [0.2, 0.25) is 0 Å². The first-order valence-electron chi connectivity index (χ1n) is 9.94. The van der Waals surface area contributed by atoms with Crippen molar-refractivity contribution < 1.29 is 9.53 Å². The molecule has 0 radical (unpaired) electrons. The van der Waals surface area contributed by atoms with Gasteiger partial charge in [0, 0.05) is 13.5 Å². The maximum absolute atomic E-state index is 13.0. The van der Waals surface area contributed by atoms with E-state index >= 15 is 0 Å². The summed E-state index contributed by atoms with van der Waals surface area (Å²) in [6, 6.07) is 18.9. The molecule has 0 aliphatic carbocycles. The van der Waals surface area contributed by atoms with Gasteiger partial charge in [-0.2, -0.15) is 0 Å². The Bertz CT molecular complexity index is 1350. The van der Waals surface area contributed by atoms with Gasteiger partial charge in [-0.25, -0.2) is 9.59 Å². The van der Waals surface area contributed by atoms with Gasteiger partial charge < -0.3 is 4.74 Å². The summed E-state index contributed by atoms with van der Waals surface area (Å²) in [4.78, 5) is 39.0. The van der Waals surface area contributed by atoms with Crippen molar-refractivity contribution in [3.63, 3.8) is 0 Å². The number of carbonyl (C=O) groups excluding carboxylic acids is 1. The van der Waals surface area contributed by atoms with E-state index < -0.39 is 17.2 Å². The number of aromatic nitrogens is 2. The number of carbonyl (C=O) groups is 1. The second kappa shape index (κ2) is 8.73. The minimum Gasteiger partial charge on any atom is -0.461 e. The van der Waals surface area contributed by atoms with Crippen molar-refractivity contribution in [1.29, 1.82) is 0 Å². The third-order valence-electron chi connectivity index (χ3n) is 5.14. The highest BCUT2D eigenvalue weighted by atomic mass is 32.1. The molecule has 4 aromatic rings. The number of aryl methyl sites for hydroxylation is 2. The first-order valence-corrected chi connectivity index (χ1v) is 10.8. The van der Waals surface area contributed by atoms with Crippen LogP contribution < -0.4 is 11.2 Å². The summed E-state index contributed by atoms with van der Waals surface area (Å²) >= 11 is 1.10. The average Bonchev–Trinajstić information content (AvgIpc) is 3.23. The molecule has 7 heteroatoms. The van der Waals surface area contributed by atoms with Crippen molar-refractivity contribution in [2.24, 2.45) is 7.05 Å². The molecule has 0 unspecified atom stereocenters. The van der Waals surface area contributed by atoms with E-state index in [-0.39, 0.29) is 13.2 Å². The van der Waals surface area contributed by atoms with E-state index in [1.165, 1.54) is 20.8 Å². The van der Waals surface area contributed by atoms with E-state index in [4.69, 9.17) is 4.74 Å². The fourth-order valence-electron chi connectivity index (χ4n) is 3.38. The molecule has 0 amide bonds. The highest BCUT2D eigenvalue weighted by Crippen LogP contribution is 2.22. The van der Waals surface area contributed by atoms with Gasteiger partial charge in [0.25, 0.3) is 5.56 Å². The van der Waals surface area contributed by atoms with Crippen LogP contribution in [-0.4, -0.2) is 21.7 Å². The molecule has 0 atom stereocenters. The van der Waals surface area contributed by atoms with Gasteiger partial charge in [-0.15, -0.1) is 11.3 Å². The Labute approximate surface area is 183 Å². The molecule has 2 aromatic heterocycles. The van der Waals surface area contributed by atoms with E-state index in [0.717, 1.165) is 22.5 Å². The lowest BCUT2D eigenvalue weighted by atomic mass is 10.1. The number of nitrogens with zero attached hydrogens (tertiary/aromatic N) is 2. The second-order valence-corrected chi connectivity index (χ2v) is 8.45. The summed E-state index contributed by atoms with van der Waals surface area (Å²) in [5, 5.41) is 0.341. The third kappa shape index (κ3) is 4.36. The highest BCUT2D eigenvalue weighted by Gasteiger charge is 2.18. The van der Waals surface area contributed by atoms with Gasteiger partial charge in [0.15, 0.2) is 0 Å². The molecule has 0 N–H and O–H groups in total. The molecule has 0 bridgehead atoms. The number of rotatable bonds is 6. The number of hydrogen-bond acceptors (Lipinski definition) is 5. The predicted octanol–water partition coefficient (Wildman–Crippen LogP) is 3.52. The van der Waals surface area contributed by atoms with Crippen molar-refractivity contribution in [1.82, 2.24) is 9.13 Å². The first kappa shape index (κ1) is 20.8.